The van der Waals surface area contributed by atoms with E-state index < -0.39 is 7.82 Å². The minimum absolute atomic E-state index is 0. The fraction of sp³-hybridized carbons (Fsp3) is 0. The molecule has 0 fully saturated rings. The molecule has 0 amide bonds. The standard InChI is InChI=1S/Na.H3O4P.Sb.4H/c;1-5(2,3)4;;;;;/h;(H3,1,2,3,4);;;;;. The summed E-state index contributed by atoms with van der Waals surface area (Å²) in [5.41, 5.74) is 0. The van der Waals surface area contributed by atoms with Gasteiger partial charge in [-0.05, 0) is 0 Å². The number of phosphoric acid groups is 1. The normalized spacial score (nSPS) is 8.43. The summed E-state index contributed by atoms with van der Waals surface area (Å²) in [4.78, 5) is 21.6. The Balaban J connectivity index is -0.0000000800. The Morgan fingerprint density at radius 1 is 1.14 bits per heavy atom. The zero-order valence-electron chi connectivity index (χ0n) is 2.90. The fourth-order valence-electron chi connectivity index (χ4n) is 0. The Morgan fingerprint density at radius 3 is 1.14 bits per heavy atom. The van der Waals surface area contributed by atoms with Gasteiger partial charge in [0.2, 0.25) is 0 Å². The molecule has 42 valence electrons. The van der Waals surface area contributed by atoms with Gasteiger partial charge in [0.1, 0.15) is 0 Å². The average molecular weight is 247 g/mol. The third-order valence-corrected chi connectivity index (χ3v) is 0. The predicted molar refractivity (Wildman–Crippen MR) is 31.4 cm³/mol. The van der Waals surface area contributed by atoms with Crippen LogP contribution >= 0.6 is 7.82 Å². The number of hydrogen-bond donors (Lipinski definition) is 3. The molecule has 0 aromatic carbocycles. The van der Waals surface area contributed by atoms with Crippen molar-refractivity contribution in [2.24, 2.45) is 0 Å². The van der Waals surface area contributed by atoms with E-state index in [1.807, 2.05) is 0 Å². The number of hydrogen-bond acceptors (Lipinski definition) is 1. The first-order valence-electron chi connectivity index (χ1n) is 0.783. The van der Waals surface area contributed by atoms with Crippen molar-refractivity contribution in [2.45, 2.75) is 0 Å². The van der Waals surface area contributed by atoms with Crippen LogP contribution in [0.3, 0.4) is 0 Å². The molecule has 0 aromatic rings. The first kappa shape index (κ1) is 16.0. The Labute approximate surface area is 80.3 Å². The summed E-state index contributed by atoms with van der Waals surface area (Å²) in [6, 6.07) is 0. The van der Waals surface area contributed by atoms with Gasteiger partial charge in [-0.3, -0.25) is 0 Å². The Bertz CT molecular complexity index is 57.8. The summed E-state index contributed by atoms with van der Waals surface area (Å²) in [5, 5.41) is 0. The van der Waals surface area contributed by atoms with Gasteiger partial charge in [-0.1, -0.05) is 0 Å². The summed E-state index contributed by atoms with van der Waals surface area (Å²) in [6.45, 7) is 0. The molecular formula is H7NaO4PSb. The van der Waals surface area contributed by atoms with Gasteiger partial charge >= 0.3 is 61.8 Å². The van der Waals surface area contributed by atoms with Crippen LogP contribution in [0.1, 0.15) is 0 Å². The molecule has 0 aliphatic heterocycles. The fourth-order valence-corrected chi connectivity index (χ4v) is 0. The van der Waals surface area contributed by atoms with E-state index >= 15 is 0 Å². The summed E-state index contributed by atoms with van der Waals surface area (Å²) in [5.74, 6) is 0. The molecule has 0 bridgehead atoms. The molecule has 0 aromatic heterocycles. The van der Waals surface area contributed by atoms with Gasteiger partial charge in [0.05, 0.1) is 0 Å². The van der Waals surface area contributed by atoms with E-state index in [4.69, 9.17) is 19.2 Å². The van der Waals surface area contributed by atoms with Gasteiger partial charge in [-0.2, -0.15) is 0 Å². The molecule has 7 heavy (non-hydrogen) atoms. The van der Waals surface area contributed by atoms with Crippen molar-refractivity contribution in [3.8, 4) is 0 Å². The molecule has 3 N–H and O–H groups in total. The summed E-state index contributed by atoms with van der Waals surface area (Å²) < 4.78 is 8.88. The van der Waals surface area contributed by atoms with E-state index in [0.717, 1.165) is 0 Å². The first-order chi connectivity index (χ1) is 2.00. The molecule has 0 aliphatic carbocycles. The second kappa shape index (κ2) is 6.05. The molecule has 7 heteroatoms. The Morgan fingerprint density at radius 2 is 1.14 bits per heavy atom. The van der Waals surface area contributed by atoms with Gasteiger partial charge in [0.15, 0.2) is 0 Å². The van der Waals surface area contributed by atoms with Gasteiger partial charge in [-0.25, -0.2) is 4.57 Å². The Kier molecular flexibility index (Phi) is 13.8. The molecule has 0 aliphatic rings. The van der Waals surface area contributed by atoms with E-state index in [9.17, 15) is 0 Å². The van der Waals surface area contributed by atoms with Crippen LogP contribution in [-0.4, -0.2) is 68.7 Å². The van der Waals surface area contributed by atoms with Crippen molar-refractivity contribution in [3.63, 3.8) is 0 Å². The van der Waals surface area contributed by atoms with Crippen molar-refractivity contribution >= 4 is 61.8 Å². The minimum atomic E-state index is -4.64. The van der Waals surface area contributed by atoms with E-state index in [2.05, 4.69) is 0 Å². The van der Waals surface area contributed by atoms with Gasteiger partial charge < -0.3 is 14.7 Å². The maximum atomic E-state index is 8.88. The van der Waals surface area contributed by atoms with Crippen molar-refractivity contribution < 1.29 is 19.2 Å². The summed E-state index contributed by atoms with van der Waals surface area (Å²) in [7, 11) is -4.64. The van der Waals surface area contributed by atoms with Crippen molar-refractivity contribution in [1.82, 2.24) is 0 Å². The van der Waals surface area contributed by atoms with Crippen molar-refractivity contribution in [1.29, 1.82) is 0 Å². The molecule has 0 atom stereocenters. The number of rotatable bonds is 0. The maximum absolute atomic E-state index is 8.88. The molecule has 0 heterocycles. The zero-order chi connectivity index (χ0) is 4.50. The SMILES string of the molecule is O=P(O)(O)O.[NaH].[SbH3]. The topological polar surface area (TPSA) is 77.8 Å². The van der Waals surface area contributed by atoms with Gasteiger partial charge in [0.25, 0.3) is 0 Å². The average Bonchev–Trinajstić information content (AvgIpc) is 0.722. The van der Waals surface area contributed by atoms with Crippen LogP contribution < -0.4 is 0 Å². The van der Waals surface area contributed by atoms with E-state index in [1.54, 1.807) is 0 Å². The van der Waals surface area contributed by atoms with Crippen LogP contribution in [0, 0.1) is 0 Å². The second-order valence-electron chi connectivity index (χ2n) is 0.513. The summed E-state index contributed by atoms with van der Waals surface area (Å²) >= 11 is 0. The van der Waals surface area contributed by atoms with Crippen LogP contribution in [0.15, 0.2) is 0 Å². The van der Waals surface area contributed by atoms with Gasteiger partial charge in [0, 0.05) is 0 Å². The molecule has 0 rings (SSSR count). The van der Waals surface area contributed by atoms with Crippen LogP contribution in [0.2, 0.25) is 0 Å². The van der Waals surface area contributed by atoms with E-state index in [1.165, 1.54) is 0 Å². The van der Waals surface area contributed by atoms with Crippen LogP contribution in [0.4, 0.5) is 0 Å². The zero-order valence-corrected chi connectivity index (χ0v) is 7.83. The second-order valence-corrected chi connectivity index (χ2v) is 1.54. The molecule has 4 nitrogen and oxygen atoms in total. The molecule has 0 saturated heterocycles. The first-order valence-corrected chi connectivity index (χ1v) is 2.35. The van der Waals surface area contributed by atoms with E-state index in [-0.39, 0.29) is 54.0 Å². The van der Waals surface area contributed by atoms with Gasteiger partial charge in [-0.15, -0.1) is 0 Å². The molecule has 0 unspecified atom stereocenters. The third-order valence-electron chi connectivity index (χ3n) is 0. The summed E-state index contributed by atoms with van der Waals surface area (Å²) in [6.07, 6.45) is 0. The van der Waals surface area contributed by atoms with Crippen LogP contribution in [-0.2, 0) is 4.57 Å². The van der Waals surface area contributed by atoms with Crippen LogP contribution in [0.25, 0.3) is 0 Å². The molecule has 0 radical (unpaired) electrons. The third kappa shape index (κ3) is 74.9. The van der Waals surface area contributed by atoms with Crippen molar-refractivity contribution in [2.75, 3.05) is 0 Å². The predicted octanol–water partition coefficient (Wildman–Crippen LogP) is -2.76. The quantitative estimate of drug-likeness (QED) is 0.320. The Hall–Kier alpha value is 1.93. The van der Waals surface area contributed by atoms with Crippen molar-refractivity contribution in [3.05, 3.63) is 0 Å². The van der Waals surface area contributed by atoms with E-state index in [0.29, 0.717) is 0 Å². The monoisotopic (exact) mass is 246 g/mol. The molecule has 0 spiro atoms. The molecular weight excluding hydrogens is 240 g/mol. The molecule has 0 saturated carbocycles. The van der Waals surface area contributed by atoms with Crippen LogP contribution in [0.5, 0.6) is 0 Å².